The van der Waals surface area contributed by atoms with Crippen molar-refractivity contribution in [1.82, 2.24) is 4.98 Å². The Hall–Kier alpha value is -3.32. The molecule has 4 rings (SSSR count). The van der Waals surface area contributed by atoms with E-state index in [1.807, 2.05) is 29.6 Å². The Balaban J connectivity index is 1.43. The molecule has 0 fully saturated rings. The van der Waals surface area contributed by atoms with Crippen molar-refractivity contribution in [2.24, 2.45) is 0 Å². The predicted molar refractivity (Wildman–Crippen MR) is 119 cm³/mol. The van der Waals surface area contributed by atoms with E-state index in [0.29, 0.717) is 28.8 Å². The van der Waals surface area contributed by atoms with Crippen LogP contribution in [0.3, 0.4) is 0 Å². The molecule has 154 valence electrons. The number of hydrogen-bond acceptors (Lipinski definition) is 6. The molecule has 0 aliphatic rings. The van der Waals surface area contributed by atoms with Gasteiger partial charge in [-0.2, -0.15) is 0 Å². The number of benzene rings is 2. The van der Waals surface area contributed by atoms with Gasteiger partial charge >= 0.3 is 0 Å². The van der Waals surface area contributed by atoms with E-state index in [4.69, 9.17) is 13.9 Å². The molecule has 2 aromatic heterocycles. The Morgan fingerprint density at radius 2 is 1.93 bits per heavy atom. The van der Waals surface area contributed by atoms with E-state index in [-0.39, 0.29) is 5.91 Å². The largest absolute Gasteiger partial charge is 0.497 e. The van der Waals surface area contributed by atoms with Crippen molar-refractivity contribution in [2.75, 3.05) is 19.0 Å². The van der Waals surface area contributed by atoms with Crippen molar-refractivity contribution in [3.8, 4) is 23.0 Å². The molecule has 0 bridgehead atoms. The molecule has 1 amide bonds. The van der Waals surface area contributed by atoms with Crippen LogP contribution in [0, 0.1) is 0 Å². The SMILES string of the molecule is CCCCOc1ccc(C(=O)Nc2nc(-c3cc4ccc(OC)cc4o3)cs2)cc1. The number of carbonyl (C=O) groups excluding carboxylic acids is 1. The van der Waals surface area contributed by atoms with Crippen LogP contribution >= 0.6 is 11.3 Å². The van der Waals surface area contributed by atoms with Crippen molar-refractivity contribution in [3.05, 3.63) is 59.5 Å². The first kappa shape index (κ1) is 20.0. The smallest absolute Gasteiger partial charge is 0.257 e. The summed E-state index contributed by atoms with van der Waals surface area (Å²) in [5.41, 5.74) is 1.94. The number of methoxy groups -OCH3 is 1. The van der Waals surface area contributed by atoms with Crippen LogP contribution in [0.2, 0.25) is 0 Å². The Bertz CT molecular complexity index is 1150. The number of aromatic nitrogens is 1. The zero-order valence-corrected chi connectivity index (χ0v) is 17.6. The second-order valence-corrected chi connectivity index (χ2v) is 7.59. The second kappa shape index (κ2) is 9.00. The molecule has 0 aliphatic heterocycles. The molecule has 0 saturated heterocycles. The third-order valence-corrected chi connectivity index (χ3v) is 5.35. The van der Waals surface area contributed by atoms with Crippen LogP contribution in [0.15, 0.2) is 58.3 Å². The van der Waals surface area contributed by atoms with Gasteiger partial charge in [0.1, 0.15) is 22.8 Å². The number of carbonyl (C=O) groups is 1. The average Bonchev–Trinajstić information content (AvgIpc) is 3.40. The average molecular weight is 423 g/mol. The number of hydrogen-bond donors (Lipinski definition) is 1. The molecule has 2 aromatic carbocycles. The van der Waals surface area contributed by atoms with Gasteiger partial charge in [-0.1, -0.05) is 13.3 Å². The molecule has 0 atom stereocenters. The minimum atomic E-state index is -0.217. The van der Waals surface area contributed by atoms with E-state index >= 15 is 0 Å². The number of rotatable bonds is 8. The van der Waals surface area contributed by atoms with Crippen LogP contribution in [0.25, 0.3) is 22.4 Å². The molecule has 0 spiro atoms. The summed E-state index contributed by atoms with van der Waals surface area (Å²) in [5, 5.41) is 6.17. The summed E-state index contributed by atoms with van der Waals surface area (Å²) in [6.07, 6.45) is 2.09. The van der Waals surface area contributed by atoms with Crippen LogP contribution in [0.1, 0.15) is 30.1 Å². The molecule has 2 heterocycles. The molecule has 0 unspecified atom stereocenters. The van der Waals surface area contributed by atoms with Crippen LogP contribution in [0.4, 0.5) is 5.13 Å². The van der Waals surface area contributed by atoms with E-state index < -0.39 is 0 Å². The monoisotopic (exact) mass is 422 g/mol. The van der Waals surface area contributed by atoms with Gasteiger partial charge in [0.15, 0.2) is 10.9 Å². The molecule has 0 radical (unpaired) electrons. The highest BCUT2D eigenvalue weighted by Crippen LogP contribution is 2.32. The molecule has 30 heavy (non-hydrogen) atoms. The molecular weight excluding hydrogens is 400 g/mol. The number of amides is 1. The van der Waals surface area contributed by atoms with Crippen LogP contribution in [-0.2, 0) is 0 Å². The maximum absolute atomic E-state index is 12.5. The summed E-state index contributed by atoms with van der Waals surface area (Å²) in [6, 6.07) is 14.7. The number of anilines is 1. The second-order valence-electron chi connectivity index (χ2n) is 6.73. The lowest BCUT2D eigenvalue weighted by atomic mass is 10.2. The molecule has 6 nitrogen and oxygen atoms in total. The van der Waals surface area contributed by atoms with E-state index in [1.165, 1.54) is 11.3 Å². The van der Waals surface area contributed by atoms with Gasteiger partial charge in [0.2, 0.25) is 0 Å². The van der Waals surface area contributed by atoms with Gasteiger partial charge in [0.25, 0.3) is 5.91 Å². The van der Waals surface area contributed by atoms with Crippen molar-refractivity contribution >= 4 is 33.3 Å². The quantitative estimate of drug-likeness (QED) is 0.353. The van der Waals surface area contributed by atoms with Gasteiger partial charge < -0.3 is 13.9 Å². The first-order valence-electron chi connectivity index (χ1n) is 9.74. The third kappa shape index (κ3) is 4.46. The van der Waals surface area contributed by atoms with Crippen LogP contribution in [0.5, 0.6) is 11.5 Å². The number of furan rings is 1. The molecule has 4 aromatic rings. The highest BCUT2D eigenvalue weighted by molar-refractivity contribution is 7.14. The number of unbranched alkanes of at least 4 members (excludes halogenated alkanes) is 1. The Morgan fingerprint density at radius 3 is 2.70 bits per heavy atom. The summed E-state index contributed by atoms with van der Waals surface area (Å²) >= 11 is 1.35. The normalized spacial score (nSPS) is 10.9. The summed E-state index contributed by atoms with van der Waals surface area (Å²) in [7, 11) is 1.62. The van der Waals surface area contributed by atoms with Gasteiger partial charge in [0, 0.05) is 22.4 Å². The topological polar surface area (TPSA) is 73.6 Å². The highest BCUT2D eigenvalue weighted by atomic mass is 32.1. The van der Waals surface area contributed by atoms with Gasteiger partial charge in [-0.25, -0.2) is 4.98 Å². The summed E-state index contributed by atoms with van der Waals surface area (Å²) in [5.74, 6) is 1.92. The van der Waals surface area contributed by atoms with Crippen molar-refractivity contribution in [1.29, 1.82) is 0 Å². The minimum absolute atomic E-state index is 0.217. The Morgan fingerprint density at radius 1 is 1.13 bits per heavy atom. The number of ether oxygens (including phenoxy) is 2. The van der Waals surface area contributed by atoms with Gasteiger partial charge in [-0.15, -0.1) is 11.3 Å². The molecular formula is C23H22N2O4S. The number of nitrogens with zero attached hydrogens (tertiary/aromatic N) is 1. The predicted octanol–water partition coefficient (Wildman–Crippen LogP) is 6.00. The number of nitrogens with one attached hydrogen (secondary N) is 1. The van der Waals surface area contributed by atoms with E-state index in [0.717, 1.165) is 35.3 Å². The lowest BCUT2D eigenvalue weighted by molar-refractivity contribution is 0.102. The summed E-state index contributed by atoms with van der Waals surface area (Å²) in [4.78, 5) is 17.0. The zero-order valence-electron chi connectivity index (χ0n) is 16.8. The van der Waals surface area contributed by atoms with Crippen molar-refractivity contribution in [3.63, 3.8) is 0 Å². The van der Waals surface area contributed by atoms with E-state index in [9.17, 15) is 4.79 Å². The summed E-state index contributed by atoms with van der Waals surface area (Å²) in [6.45, 7) is 2.80. The fraction of sp³-hybridized carbons (Fsp3) is 0.217. The Kier molecular flexibility index (Phi) is 5.99. The molecule has 0 saturated carbocycles. The fourth-order valence-corrected chi connectivity index (χ4v) is 3.61. The third-order valence-electron chi connectivity index (χ3n) is 4.59. The maximum atomic E-state index is 12.5. The standard InChI is InChI=1S/C23H22N2O4S/c1-3-4-11-28-17-8-5-15(6-9-17)22(26)25-23-24-19(14-30-23)21-12-16-7-10-18(27-2)13-20(16)29-21/h5-10,12-14H,3-4,11H2,1-2H3,(H,24,25,26). The Labute approximate surface area is 178 Å². The zero-order chi connectivity index (χ0) is 20.9. The van der Waals surface area contributed by atoms with Gasteiger partial charge in [-0.3, -0.25) is 10.1 Å². The number of fused-ring (bicyclic) bond motifs is 1. The molecule has 0 aliphatic carbocycles. The first-order valence-corrected chi connectivity index (χ1v) is 10.6. The van der Waals surface area contributed by atoms with E-state index in [1.54, 1.807) is 31.4 Å². The highest BCUT2D eigenvalue weighted by Gasteiger charge is 2.13. The van der Waals surface area contributed by atoms with Gasteiger partial charge in [0.05, 0.1) is 13.7 Å². The number of thiazole rings is 1. The lowest BCUT2D eigenvalue weighted by Crippen LogP contribution is -2.11. The first-order chi connectivity index (χ1) is 14.7. The van der Waals surface area contributed by atoms with Crippen molar-refractivity contribution in [2.45, 2.75) is 19.8 Å². The molecule has 1 N–H and O–H groups in total. The molecule has 7 heteroatoms. The maximum Gasteiger partial charge on any atom is 0.257 e. The van der Waals surface area contributed by atoms with Crippen LogP contribution < -0.4 is 14.8 Å². The summed E-state index contributed by atoms with van der Waals surface area (Å²) < 4.78 is 16.8. The fourth-order valence-electron chi connectivity index (χ4n) is 2.92. The lowest BCUT2D eigenvalue weighted by Gasteiger charge is -2.06. The van der Waals surface area contributed by atoms with Crippen molar-refractivity contribution < 1.29 is 18.7 Å². The minimum Gasteiger partial charge on any atom is -0.497 e. The van der Waals surface area contributed by atoms with Crippen LogP contribution in [-0.4, -0.2) is 24.6 Å². The van der Waals surface area contributed by atoms with Gasteiger partial charge in [-0.05, 0) is 48.9 Å². The van der Waals surface area contributed by atoms with E-state index in [2.05, 4.69) is 17.2 Å².